The van der Waals surface area contributed by atoms with E-state index in [4.69, 9.17) is 11.5 Å². The van der Waals surface area contributed by atoms with Gasteiger partial charge in [0.15, 0.2) is 0 Å². The van der Waals surface area contributed by atoms with Crippen molar-refractivity contribution < 1.29 is 9.59 Å². The predicted octanol–water partition coefficient (Wildman–Crippen LogP) is 0.328. The summed E-state index contributed by atoms with van der Waals surface area (Å²) < 4.78 is 0. The zero-order valence-corrected chi connectivity index (χ0v) is 11.0. The predicted molar refractivity (Wildman–Crippen MR) is 74.2 cm³/mol. The van der Waals surface area contributed by atoms with Gasteiger partial charge in [-0.25, -0.2) is 0 Å². The Morgan fingerprint density at radius 3 is 2.53 bits per heavy atom. The largest absolute Gasteiger partial charge is 0.370 e. The Labute approximate surface area is 113 Å². The molecule has 1 atom stereocenters. The van der Waals surface area contributed by atoms with Crippen molar-refractivity contribution in [3.63, 3.8) is 0 Å². The molecule has 104 valence electrons. The maximum Gasteiger partial charge on any atom is 0.236 e. The van der Waals surface area contributed by atoms with Crippen LogP contribution in [0.1, 0.15) is 24.8 Å². The molecule has 0 aliphatic heterocycles. The maximum absolute atomic E-state index is 11.7. The highest BCUT2D eigenvalue weighted by Gasteiger charge is 2.12. The van der Waals surface area contributed by atoms with E-state index in [1.807, 2.05) is 30.3 Å². The lowest BCUT2D eigenvalue weighted by molar-refractivity contribution is -0.123. The first-order valence-corrected chi connectivity index (χ1v) is 6.45. The molecule has 0 saturated carbocycles. The first kappa shape index (κ1) is 15.2. The quantitative estimate of drug-likeness (QED) is 0.589. The topological polar surface area (TPSA) is 98.2 Å². The van der Waals surface area contributed by atoms with Gasteiger partial charge in [0.25, 0.3) is 0 Å². The second-order valence-electron chi connectivity index (χ2n) is 4.49. The molecule has 0 saturated heterocycles. The van der Waals surface area contributed by atoms with Gasteiger partial charge in [-0.3, -0.25) is 9.59 Å². The second-order valence-corrected chi connectivity index (χ2v) is 4.49. The van der Waals surface area contributed by atoms with Gasteiger partial charge in [0.2, 0.25) is 11.8 Å². The fraction of sp³-hybridized carbons (Fsp3) is 0.429. The smallest absolute Gasteiger partial charge is 0.236 e. The fourth-order valence-electron chi connectivity index (χ4n) is 1.70. The molecular formula is C14H21N3O2. The molecule has 0 aromatic heterocycles. The second kappa shape index (κ2) is 8.26. The van der Waals surface area contributed by atoms with E-state index in [0.717, 1.165) is 6.42 Å². The van der Waals surface area contributed by atoms with E-state index >= 15 is 0 Å². The number of rotatable bonds is 8. The van der Waals surface area contributed by atoms with Crippen LogP contribution in [0.2, 0.25) is 0 Å². The van der Waals surface area contributed by atoms with Crippen LogP contribution in [0.4, 0.5) is 0 Å². The minimum atomic E-state index is -0.520. The Hall–Kier alpha value is -1.88. The molecule has 1 aromatic rings. The standard InChI is InChI=1S/C14H21N3O2/c15-12(9-8-11-5-2-1-3-6-11)14(19)17-10-4-7-13(16)18/h1-3,5-6,12H,4,7-10,15H2,(H2,16,18)(H,17,19)/t12-/m0/s1. The lowest BCUT2D eigenvalue weighted by Gasteiger charge is -2.12. The summed E-state index contributed by atoms with van der Waals surface area (Å²) in [5, 5.41) is 2.70. The van der Waals surface area contributed by atoms with Gasteiger partial charge < -0.3 is 16.8 Å². The number of carbonyl (C=O) groups is 2. The van der Waals surface area contributed by atoms with Crippen LogP contribution in [-0.2, 0) is 16.0 Å². The number of amides is 2. The average Bonchev–Trinajstić information content (AvgIpc) is 2.41. The van der Waals surface area contributed by atoms with E-state index in [9.17, 15) is 9.59 Å². The number of nitrogens with one attached hydrogen (secondary N) is 1. The number of primary amides is 1. The summed E-state index contributed by atoms with van der Waals surface area (Å²) in [6.07, 6.45) is 2.20. The van der Waals surface area contributed by atoms with Gasteiger partial charge in [0.1, 0.15) is 0 Å². The van der Waals surface area contributed by atoms with Crippen molar-refractivity contribution in [2.45, 2.75) is 31.7 Å². The van der Waals surface area contributed by atoms with Crippen LogP contribution in [-0.4, -0.2) is 24.4 Å². The molecule has 0 unspecified atom stereocenters. The third kappa shape index (κ3) is 6.57. The van der Waals surface area contributed by atoms with Gasteiger partial charge >= 0.3 is 0 Å². The van der Waals surface area contributed by atoms with Crippen LogP contribution in [0.3, 0.4) is 0 Å². The first-order chi connectivity index (χ1) is 9.09. The van der Waals surface area contributed by atoms with Crippen molar-refractivity contribution in [2.24, 2.45) is 11.5 Å². The van der Waals surface area contributed by atoms with Gasteiger partial charge in [-0.2, -0.15) is 0 Å². The number of aryl methyl sites for hydroxylation is 1. The van der Waals surface area contributed by atoms with Gasteiger partial charge in [0.05, 0.1) is 6.04 Å². The van der Waals surface area contributed by atoms with Crippen LogP contribution in [0.15, 0.2) is 30.3 Å². The Morgan fingerprint density at radius 1 is 1.21 bits per heavy atom. The Bertz CT molecular complexity index is 406. The molecule has 0 bridgehead atoms. The molecule has 0 aliphatic rings. The van der Waals surface area contributed by atoms with E-state index in [1.54, 1.807) is 0 Å². The summed E-state index contributed by atoms with van der Waals surface area (Å²) in [6.45, 7) is 0.431. The molecule has 5 N–H and O–H groups in total. The Kier molecular flexibility index (Phi) is 6.60. The highest BCUT2D eigenvalue weighted by Crippen LogP contribution is 2.04. The van der Waals surface area contributed by atoms with Crippen LogP contribution in [0, 0.1) is 0 Å². The minimum Gasteiger partial charge on any atom is -0.370 e. The van der Waals surface area contributed by atoms with Crippen molar-refractivity contribution in [3.8, 4) is 0 Å². The summed E-state index contributed by atoms with van der Waals surface area (Å²) in [5.74, 6) is -0.539. The van der Waals surface area contributed by atoms with E-state index in [0.29, 0.717) is 19.4 Å². The molecule has 0 radical (unpaired) electrons. The number of hydrogen-bond acceptors (Lipinski definition) is 3. The molecule has 0 fully saturated rings. The highest BCUT2D eigenvalue weighted by atomic mass is 16.2. The minimum absolute atomic E-state index is 0.180. The molecule has 0 heterocycles. The molecule has 0 aliphatic carbocycles. The van der Waals surface area contributed by atoms with Gasteiger partial charge in [-0.1, -0.05) is 30.3 Å². The van der Waals surface area contributed by atoms with Crippen molar-refractivity contribution in [1.82, 2.24) is 5.32 Å². The summed E-state index contributed by atoms with van der Waals surface area (Å²) in [6, 6.07) is 9.38. The fourth-order valence-corrected chi connectivity index (χ4v) is 1.70. The number of benzene rings is 1. The number of nitrogens with two attached hydrogens (primary N) is 2. The Morgan fingerprint density at radius 2 is 1.89 bits per heavy atom. The molecule has 1 rings (SSSR count). The lowest BCUT2D eigenvalue weighted by atomic mass is 10.1. The molecular weight excluding hydrogens is 242 g/mol. The normalized spacial score (nSPS) is 11.8. The van der Waals surface area contributed by atoms with Crippen LogP contribution in [0.5, 0.6) is 0 Å². The van der Waals surface area contributed by atoms with Gasteiger partial charge in [-0.15, -0.1) is 0 Å². The lowest BCUT2D eigenvalue weighted by Crippen LogP contribution is -2.41. The molecule has 2 amide bonds. The molecule has 19 heavy (non-hydrogen) atoms. The monoisotopic (exact) mass is 263 g/mol. The third-order valence-corrected chi connectivity index (χ3v) is 2.82. The van der Waals surface area contributed by atoms with E-state index < -0.39 is 6.04 Å². The SMILES string of the molecule is NC(=O)CCCNC(=O)[C@@H](N)CCc1ccccc1. The van der Waals surface area contributed by atoms with Crippen LogP contribution >= 0.6 is 0 Å². The van der Waals surface area contributed by atoms with Crippen molar-refractivity contribution in [3.05, 3.63) is 35.9 Å². The molecule has 1 aromatic carbocycles. The van der Waals surface area contributed by atoms with Crippen molar-refractivity contribution >= 4 is 11.8 Å². The van der Waals surface area contributed by atoms with E-state index in [2.05, 4.69) is 5.32 Å². The highest BCUT2D eigenvalue weighted by molar-refractivity contribution is 5.81. The van der Waals surface area contributed by atoms with Gasteiger partial charge in [-0.05, 0) is 24.8 Å². The average molecular weight is 263 g/mol. The van der Waals surface area contributed by atoms with E-state index in [-0.39, 0.29) is 18.2 Å². The number of carbonyl (C=O) groups excluding carboxylic acids is 2. The third-order valence-electron chi connectivity index (χ3n) is 2.82. The summed E-state index contributed by atoms with van der Waals surface area (Å²) in [4.78, 5) is 22.2. The van der Waals surface area contributed by atoms with E-state index in [1.165, 1.54) is 5.56 Å². The van der Waals surface area contributed by atoms with Crippen molar-refractivity contribution in [2.75, 3.05) is 6.54 Å². The Balaban J connectivity index is 2.20. The first-order valence-electron chi connectivity index (χ1n) is 6.45. The molecule has 0 spiro atoms. The molecule has 5 nitrogen and oxygen atoms in total. The zero-order valence-electron chi connectivity index (χ0n) is 11.0. The summed E-state index contributed by atoms with van der Waals surface area (Å²) >= 11 is 0. The molecule has 5 heteroatoms. The van der Waals surface area contributed by atoms with Crippen molar-refractivity contribution in [1.29, 1.82) is 0 Å². The maximum atomic E-state index is 11.7. The number of hydrogen-bond donors (Lipinski definition) is 3. The zero-order chi connectivity index (χ0) is 14.1. The van der Waals surface area contributed by atoms with Crippen LogP contribution < -0.4 is 16.8 Å². The van der Waals surface area contributed by atoms with Gasteiger partial charge in [0, 0.05) is 13.0 Å². The summed E-state index contributed by atoms with van der Waals surface area (Å²) in [5.41, 5.74) is 12.0. The summed E-state index contributed by atoms with van der Waals surface area (Å²) in [7, 11) is 0. The van der Waals surface area contributed by atoms with Crippen LogP contribution in [0.25, 0.3) is 0 Å².